The first-order valence-corrected chi connectivity index (χ1v) is 5.52. The van der Waals surface area contributed by atoms with Gasteiger partial charge in [-0.2, -0.15) is 0 Å². The van der Waals surface area contributed by atoms with Crippen molar-refractivity contribution in [3.63, 3.8) is 0 Å². The van der Waals surface area contributed by atoms with Crippen molar-refractivity contribution in [1.82, 2.24) is 4.98 Å². The fourth-order valence-corrected chi connectivity index (χ4v) is 1.06. The van der Waals surface area contributed by atoms with Crippen LogP contribution in [0.4, 0.5) is 0 Å². The Morgan fingerprint density at radius 3 is 2.12 bits per heavy atom. The second kappa shape index (κ2) is 6.48. The zero-order chi connectivity index (χ0) is 12.8. The summed E-state index contributed by atoms with van der Waals surface area (Å²) in [5, 5.41) is 0. The van der Waals surface area contributed by atoms with Crippen LogP contribution in [-0.4, -0.2) is 22.8 Å². The average Bonchev–Trinajstić information content (AvgIpc) is 2.50. The van der Waals surface area contributed by atoms with E-state index in [-0.39, 0.29) is 11.4 Å². The van der Waals surface area contributed by atoms with Crippen molar-refractivity contribution in [2.45, 2.75) is 33.3 Å². The number of hydrogen-bond acceptors (Lipinski definition) is 3. The Labute approximate surface area is 104 Å². The summed E-state index contributed by atoms with van der Waals surface area (Å²) in [5.41, 5.74) is 0.323. The Morgan fingerprint density at radius 2 is 2.00 bits per heavy atom. The van der Waals surface area contributed by atoms with Gasteiger partial charge in [0.2, 0.25) is 0 Å². The highest BCUT2D eigenvalue weighted by atomic mass is 79.9. The third kappa shape index (κ3) is 7.23. The molecule has 0 spiro atoms. The van der Waals surface area contributed by atoms with Crippen LogP contribution in [0.3, 0.4) is 0 Å². The van der Waals surface area contributed by atoms with Gasteiger partial charge in [-0.15, -0.1) is 0 Å². The van der Waals surface area contributed by atoms with E-state index < -0.39 is 0 Å². The molecule has 16 heavy (non-hydrogen) atoms. The molecule has 0 atom stereocenters. The van der Waals surface area contributed by atoms with Crippen LogP contribution < -0.4 is 0 Å². The minimum Gasteiger partial charge on any atom is -0.462 e. The summed E-state index contributed by atoms with van der Waals surface area (Å²) in [6.45, 7) is 7.45. The van der Waals surface area contributed by atoms with Gasteiger partial charge in [-0.25, -0.2) is 0 Å². The molecular formula is C11H16BrNO3. The fraction of sp³-hybridized carbons (Fsp3) is 0.455. The summed E-state index contributed by atoms with van der Waals surface area (Å²) in [6.07, 6.45) is 0. The molecule has 1 aromatic heterocycles. The number of carbonyl (C=O) groups is 2. The summed E-state index contributed by atoms with van der Waals surface area (Å²) < 4.78 is 5.39. The van der Waals surface area contributed by atoms with Crippen molar-refractivity contribution >= 4 is 28.2 Å². The van der Waals surface area contributed by atoms with Crippen LogP contribution in [0.2, 0.25) is 0 Å². The van der Waals surface area contributed by atoms with Gasteiger partial charge in [0.05, 0.1) is 10.3 Å². The number of aromatic amines is 1. The molecule has 0 radical (unpaired) electrons. The smallest absolute Gasteiger partial charge is 0.293 e. The van der Waals surface area contributed by atoms with Gasteiger partial charge in [0.1, 0.15) is 5.60 Å². The summed E-state index contributed by atoms with van der Waals surface area (Å²) in [5.74, 6) is 0.0562. The second-order valence-corrected chi connectivity index (χ2v) is 4.96. The maximum absolute atomic E-state index is 10.6. The molecule has 1 N–H and O–H groups in total. The topological polar surface area (TPSA) is 59.2 Å². The van der Waals surface area contributed by atoms with E-state index in [1.807, 2.05) is 20.8 Å². The van der Waals surface area contributed by atoms with E-state index in [4.69, 9.17) is 0 Å². The number of ketones is 1. The lowest BCUT2D eigenvalue weighted by Gasteiger charge is -2.14. The number of ether oxygens (including phenoxy) is 1. The summed E-state index contributed by atoms with van der Waals surface area (Å²) in [6, 6.07) is 3.54. The standard InChI is InChI=1S/C6H6BrNO.C5H10O2/c1-4(9)5-2-3-6(7)8-5;1-5(2,3)7-4-6/h2-3,8H,1H3;4H,1-3H3. The summed E-state index contributed by atoms with van der Waals surface area (Å²) in [7, 11) is 0. The molecule has 0 aromatic carbocycles. The lowest BCUT2D eigenvalue weighted by Crippen LogP contribution is -2.17. The van der Waals surface area contributed by atoms with Gasteiger partial charge < -0.3 is 9.72 Å². The number of H-pyrrole nitrogens is 1. The Balaban J connectivity index is 0.000000293. The minimum absolute atomic E-state index is 0.0562. The summed E-state index contributed by atoms with van der Waals surface area (Å²) >= 11 is 3.19. The van der Waals surface area contributed by atoms with Crippen LogP contribution in [-0.2, 0) is 9.53 Å². The Hall–Kier alpha value is -1.10. The molecule has 0 unspecified atom stereocenters. The van der Waals surface area contributed by atoms with E-state index in [0.29, 0.717) is 12.2 Å². The summed E-state index contributed by atoms with van der Waals surface area (Å²) in [4.78, 5) is 23.0. The first kappa shape index (κ1) is 14.9. The average molecular weight is 290 g/mol. The Bertz CT molecular complexity index is 352. The molecule has 1 aromatic rings. The van der Waals surface area contributed by atoms with Gasteiger partial charge in [0, 0.05) is 6.92 Å². The van der Waals surface area contributed by atoms with Gasteiger partial charge in [-0.1, -0.05) is 0 Å². The third-order valence-corrected chi connectivity index (χ3v) is 1.89. The van der Waals surface area contributed by atoms with Gasteiger partial charge in [-0.3, -0.25) is 9.59 Å². The molecule has 90 valence electrons. The zero-order valence-corrected chi connectivity index (χ0v) is 11.4. The maximum atomic E-state index is 10.6. The predicted octanol–water partition coefficient (Wildman–Crippen LogP) is 2.94. The first-order valence-electron chi connectivity index (χ1n) is 4.73. The largest absolute Gasteiger partial charge is 0.462 e. The maximum Gasteiger partial charge on any atom is 0.293 e. The molecule has 5 heteroatoms. The first-order chi connectivity index (χ1) is 7.26. The normalized spacial score (nSPS) is 10.1. The SMILES string of the molecule is CC(=O)c1ccc(Br)[nH]1.CC(C)(C)OC=O. The number of nitrogens with one attached hydrogen (secondary N) is 1. The van der Waals surface area contributed by atoms with Crippen LogP contribution in [0, 0.1) is 0 Å². The van der Waals surface area contributed by atoms with Crippen molar-refractivity contribution in [3.8, 4) is 0 Å². The number of aromatic nitrogens is 1. The molecular weight excluding hydrogens is 274 g/mol. The molecule has 1 heterocycles. The second-order valence-electron chi connectivity index (χ2n) is 4.10. The third-order valence-electron chi connectivity index (χ3n) is 1.43. The van der Waals surface area contributed by atoms with Crippen LogP contribution in [0.1, 0.15) is 38.2 Å². The highest BCUT2D eigenvalue weighted by molar-refractivity contribution is 9.10. The van der Waals surface area contributed by atoms with Gasteiger partial charge >= 0.3 is 0 Å². The zero-order valence-electron chi connectivity index (χ0n) is 9.83. The Morgan fingerprint density at radius 1 is 1.44 bits per heavy atom. The number of Topliss-reactive ketones (excluding diaryl/α,β-unsaturated/α-hetero) is 1. The number of carbonyl (C=O) groups excluding carboxylic acids is 2. The van der Waals surface area contributed by atoms with Crippen molar-refractivity contribution in [2.75, 3.05) is 0 Å². The van der Waals surface area contributed by atoms with Crippen LogP contribution in [0.25, 0.3) is 0 Å². The van der Waals surface area contributed by atoms with Crippen molar-refractivity contribution in [1.29, 1.82) is 0 Å². The molecule has 4 nitrogen and oxygen atoms in total. The van der Waals surface area contributed by atoms with E-state index in [1.54, 1.807) is 12.1 Å². The van der Waals surface area contributed by atoms with Crippen LogP contribution in [0.15, 0.2) is 16.7 Å². The molecule has 0 aliphatic heterocycles. The number of rotatable bonds is 2. The van der Waals surface area contributed by atoms with Crippen LogP contribution >= 0.6 is 15.9 Å². The predicted molar refractivity (Wildman–Crippen MR) is 65.4 cm³/mol. The highest BCUT2D eigenvalue weighted by Gasteiger charge is 2.07. The highest BCUT2D eigenvalue weighted by Crippen LogP contribution is 2.08. The van der Waals surface area contributed by atoms with Gasteiger partial charge in [0.15, 0.2) is 5.78 Å². The van der Waals surface area contributed by atoms with Gasteiger partial charge in [0.25, 0.3) is 6.47 Å². The number of hydrogen-bond donors (Lipinski definition) is 1. The molecule has 0 bridgehead atoms. The molecule has 0 amide bonds. The van der Waals surface area contributed by atoms with Crippen molar-refractivity contribution in [3.05, 3.63) is 22.4 Å². The van der Waals surface area contributed by atoms with Crippen LogP contribution in [0.5, 0.6) is 0 Å². The molecule has 0 aliphatic rings. The fourth-order valence-electron chi connectivity index (χ4n) is 0.718. The lowest BCUT2D eigenvalue weighted by atomic mass is 10.2. The van der Waals surface area contributed by atoms with E-state index in [9.17, 15) is 9.59 Å². The van der Waals surface area contributed by atoms with E-state index in [1.165, 1.54) is 6.92 Å². The lowest BCUT2D eigenvalue weighted by molar-refractivity contribution is -0.138. The molecule has 1 rings (SSSR count). The number of halogens is 1. The van der Waals surface area contributed by atoms with E-state index in [2.05, 4.69) is 25.7 Å². The van der Waals surface area contributed by atoms with E-state index in [0.717, 1.165) is 4.60 Å². The molecule has 0 saturated heterocycles. The minimum atomic E-state index is -0.318. The molecule has 0 saturated carbocycles. The quantitative estimate of drug-likeness (QED) is 0.673. The van der Waals surface area contributed by atoms with Gasteiger partial charge in [-0.05, 0) is 48.8 Å². The monoisotopic (exact) mass is 289 g/mol. The van der Waals surface area contributed by atoms with Crippen molar-refractivity contribution < 1.29 is 14.3 Å². The Kier molecular flexibility index (Phi) is 6.03. The molecule has 0 fully saturated rings. The van der Waals surface area contributed by atoms with E-state index >= 15 is 0 Å². The molecule has 0 aliphatic carbocycles. The van der Waals surface area contributed by atoms with Crippen molar-refractivity contribution in [2.24, 2.45) is 0 Å².